The maximum atomic E-state index is 12.9. The number of Topliss-reactive ketones (excluding diaryl/α,β-unsaturated/α-hetero) is 1. The number of thiazole rings is 1. The molecule has 0 aromatic carbocycles. The summed E-state index contributed by atoms with van der Waals surface area (Å²) in [5.74, 6) is 0.135. The van der Waals surface area contributed by atoms with Crippen LogP contribution in [-0.4, -0.2) is 48.3 Å². The maximum absolute atomic E-state index is 12.9. The molecule has 0 saturated heterocycles. The van der Waals surface area contributed by atoms with Crippen molar-refractivity contribution in [3.05, 3.63) is 10.6 Å². The summed E-state index contributed by atoms with van der Waals surface area (Å²) in [6.45, 7) is 4.15. The van der Waals surface area contributed by atoms with Crippen LogP contribution < -0.4 is 5.09 Å². The van der Waals surface area contributed by atoms with Crippen molar-refractivity contribution in [1.29, 1.82) is 0 Å². The third-order valence-electron chi connectivity index (χ3n) is 3.56. The van der Waals surface area contributed by atoms with E-state index in [1.165, 1.54) is 11.3 Å². The van der Waals surface area contributed by atoms with Crippen LogP contribution in [0.5, 0.6) is 0 Å². The van der Waals surface area contributed by atoms with E-state index in [1.807, 2.05) is 0 Å². The molecule has 6 nitrogen and oxygen atoms in total. The molecule has 1 aliphatic carbocycles. The lowest BCUT2D eigenvalue weighted by Gasteiger charge is -2.30. The van der Waals surface area contributed by atoms with E-state index >= 15 is 0 Å². The molecule has 0 fully saturated rings. The molecule has 0 atom stereocenters. The zero-order valence-electron chi connectivity index (χ0n) is 13.4. The summed E-state index contributed by atoms with van der Waals surface area (Å²) in [6, 6.07) is 0. The van der Waals surface area contributed by atoms with Crippen molar-refractivity contribution in [2.24, 2.45) is 5.41 Å². The highest BCUT2D eigenvalue weighted by molar-refractivity contribution is 7.61. The third-order valence-corrected chi connectivity index (χ3v) is 7.44. The van der Waals surface area contributed by atoms with E-state index in [4.69, 9.17) is 0 Å². The van der Waals surface area contributed by atoms with E-state index < -0.39 is 7.59 Å². The molecular formula is C13H23N4O2PS. The predicted octanol–water partition coefficient (Wildman–Crippen LogP) is 2.94. The summed E-state index contributed by atoms with van der Waals surface area (Å²) in [5, 5.41) is 3.57. The lowest BCUT2D eigenvalue weighted by Crippen LogP contribution is -2.26. The van der Waals surface area contributed by atoms with E-state index in [1.54, 1.807) is 37.5 Å². The predicted molar refractivity (Wildman–Crippen MR) is 87.1 cm³/mol. The molecule has 1 aromatic heterocycles. The lowest BCUT2D eigenvalue weighted by atomic mass is 9.78. The Labute approximate surface area is 130 Å². The topological polar surface area (TPSA) is 65.5 Å². The summed E-state index contributed by atoms with van der Waals surface area (Å²) in [6.07, 6.45) is 1.32. The van der Waals surface area contributed by atoms with Crippen molar-refractivity contribution in [3.8, 4) is 0 Å². The van der Waals surface area contributed by atoms with Crippen LogP contribution in [0.2, 0.25) is 0 Å². The molecule has 1 N–H and O–H groups in total. The van der Waals surface area contributed by atoms with Gasteiger partial charge < -0.3 is 0 Å². The standard InChI is InChI=1S/C13H23N4O2PS/c1-13(2)7-9-11(10(18)8-13)21-12(14-9)15-20(19,16(3)4)17(5)6/h7-8H2,1-6H3,(H,14,15,19). The maximum Gasteiger partial charge on any atom is 0.309 e. The van der Waals surface area contributed by atoms with E-state index in [-0.39, 0.29) is 11.2 Å². The van der Waals surface area contributed by atoms with Crippen LogP contribution in [0.1, 0.15) is 35.6 Å². The van der Waals surface area contributed by atoms with Gasteiger partial charge in [-0.15, -0.1) is 0 Å². The number of rotatable bonds is 4. The van der Waals surface area contributed by atoms with Crippen molar-refractivity contribution in [1.82, 2.24) is 14.3 Å². The molecule has 1 aromatic rings. The molecule has 118 valence electrons. The third kappa shape index (κ3) is 3.21. The summed E-state index contributed by atoms with van der Waals surface area (Å²) >= 11 is 1.31. The van der Waals surface area contributed by atoms with Gasteiger partial charge in [0, 0.05) is 6.42 Å². The average molecular weight is 330 g/mol. The van der Waals surface area contributed by atoms with Crippen LogP contribution in [0.3, 0.4) is 0 Å². The molecule has 21 heavy (non-hydrogen) atoms. The Morgan fingerprint density at radius 3 is 2.29 bits per heavy atom. The first kappa shape index (κ1) is 16.6. The van der Waals surface area contributed by atoms with Crippen LogP contribution in [0.25, 0.3) is 0 Å². The largest absolute Gasteiger partial charge is 0.309 e. The molecule has 0 saturated carbocycles. The summed E-state index contributed by atoms with van der Waals surface area (Å²) in [4.78, 5) is 17.4. The number of nitrogens with one attached hydrogen (secondary N) is 1. The SMILES string of the molecule is CN(C)P(=O)(Nc1nc2c(s1)C(=O)CC(C)(C)C2)N(C)C. The Morgan fingerprint density at radius 2 is 1.76 bits per heavy atom. The zero-order chi connectivity index (χ0) is 16.0. The number of carbonyl (C=O) groups is 1. The molecule has 1 heterocycles. The van der Waals surface area contributed by atoms with Crippen molar-refractivity contribution >= 4 is 29.8 Å². The second kappa shape index (κ2) is 5.47. The highest BCUT2D eigenvalue weighted by Gasteiger charge is 2.35. The molecule has 0 unspecified atom stereocenters. The Balaban J connectivity index is 2.33. The van der Waals surface area contributed by atoms with Gasteiger partial charge in [-0.1, -0.05) is 25.2 Å². The molecule has 2 rings (SSSR count). The Morgan fingerprint density at radius 1 is 1.19 bits per heavy atom. The van der Waals surface area contributed by atoms with Crippen LogP contribution in [0.15, 0.2) is 0 Å². The Hall–Kier alpha value is -0.750. The molecule has 1 aliphatic rings. The van der Waals surface area contributed by atoms with Gasteiger partial charge in [-0.25, -0.2) is 14.3 Å². The average Bonchev–Trinajstić information content (AvgIpc) is 2.69. The van der Waals surface area contributed by atoms with Crippen molar-refractivity contribution in [2.75, 3.05) is 33.3 Å². The minimum Gasteiger partial charge on any atom is -0.293 e. The molecule has 8 heteroatoms. The van der Waals surface area contributed by atoms with Gasteiger partial charge in [0.15, 0.2) is 10.9 Å². The molecule has 0 aliphatic heterocycles. The summed E-state index contributed by atoms with van der Waals surface area (Å²) in [7, 11) is 4.15. The second-order valence-corrected chi connectivity index (χ2v) is 10.5. The number of hydrogen-bond donors (Lipinski definition) is 1. The van der Waals surface area contributed by atoms with Gasteiger partial charge in [0.1, 0.15) is 0 Å². The molecule has 0 radical (unpaired) electrons. The van der Waals surface area contributed by atoms with Gasteiger partial charge in [-0.3, -0.25) is 14.4 Å². The fourth-order valence-electron chi connectivity index (χ4n) is 2.45. The zero-order valence-corrected chi connectivity index (χ0v) is 15.1. The lowest BCUT2D eigenvalue weighted by molar-refractivity contribution is 0.0916. The minimum atomic E-state index is -2.89. The van der Waals surface area contributed by atoms with Gasteiger partial charge in [-0.2, -0.15) is 0 Å². The first-order chi connectivity index (χ1) is 9.55. The van der Waals surface area contributed by atoms with Gasteiger partial charge in [0.2, 0.25) is 0 Å². The summed E-state index contributed by atoms with van der Waals surface area (Å²) in [5.41, 5.74) is 0.773. The van der Waals surface area contributed by atoms with Gasteiger partial charge in [0.05, 0.1) is 10.6 Å². The van der Waals surface area contributed by atoms with Crippen molar-refractivity contribution in [2.45, 2.75) is 26.7 Å². The number of carbonyl (C=O) groups excluding carboxylic acids is 1. The summed E-state index contributed by atoms with van der Waals surface area (Å²) < 4.78 is 16.2. The highest BCUT2D eigenvalue weighted by Crippen LogP contribution is 2.50. The quantitative estimate of drug-likeness (QED) is 0.856. The van der Waals surface area contributed by atoms with Crippen molar-refractivity contribution < 1.29 is 9.36 Å². The van der Waals surface area contributed by atoms with Crippen LogP contribution in [0, 0.1) is 5.41 Å². The first-order valence-electron chi connectivity index (χ1n) is 6.82. The molecule has 0 bridgehead atoms. The monoisotopic (exact) mass is 330 g/mol. The van der Waals surface area contributed by atoms with E-state index in [0.29, 0.717) is 16.4 Å². The number of fused-ring (bicyclic) bond motifs is 1. The smallest absolute Gasteiger partial charge is 0.293 e. The van der Waals surface area contributed by atoms with Crippen LogP contribution >= 0.6 is 18.9 Å². The Bertz CT molecular complexity index is 597. The second-order valence-electron chi connectivity index (χ2n) is 6.59. The fraction of sp³-hybridized carbons (Fsp3) is 0.692. The van der Waals surface area contributed by atoms with Gasteiger partial charge in [0.25, 0.3) is 0 Å². The van der Waals surface area contributed by atoms with Gasteiger partial charge >= 0.3 is 7.59 Å². The highest BCUT2D eigenvalue weighted by atomic mass is 32.1. The fourth-order valence-corrected chi connectivity index (χ4v) is 5.18. The molecule has 0 spiro atoms. The minimum absolute atomic E-state index is 0.0534. The van der Waals surface area contributed by atoms with E-state index in [9.17, 15) is 9.36 Å². The van der Waals surface area contributed by atoms with E-state index in [2.05, 4.69) is 23.9 Å². The van der Waals surface area contributed by atoms with Gasteiger partial charge in [-0.05, 0) is 40.0 Å². The number of ketones is 1. The number of anilines is 1. The van der Waals surface area contributed by atoms with Crippen LogP contribution in [0.4, 0.5) is 5.13 Å². The molecule has 0 amide bonds. The van der Waals surface area contributed by atoms with Crippen LogP contribution in [-0.2, 0) is 11.0 Å². The normalized spacial score (nSPS) is 18.2. The van der Waals surface area contributed by atoms with Crippen molar-refractivity contribution in [3.63, 3.8) is 0 Å². The number of aromatic nitrogens is 1. The molecular weight excluding hydrogens is 307 g/mol. The van der Waals surface area contributed by atoms with E-state index in [0.717, 1.165) is 12.1 Å². The number of nitrogens with zero attached hydrogens (tertiary/aromatic N) is 3. The number of hydrogen-bond acceptors (Lipinski definition) is 4. The first-order valence-corrected chi connectivity index (χ1v) is 9.25. The Kier molecular flexibility index (Phi) is 4.32.